The third-order valence-electron chi connectivity index (χ3n) is 3.56. The molecule has 1 heterocycles. The second-order valence-electron chi connectivity index (χ2n) is 5.04. The van der Waals surface area contributed by atoms with Gasteiger partial charge in [-0.3, -0.25) is 4.79 Å². The van der Waals surface area contributed by atoms with Gasteiger partial charge in [0.1, 0.15) is 5.75 Å². The Morgan fingerprint density at radius 3 is 2.70 bits per heavy atom. The summed E-state index contributed by atoms with van der Waals surface area (Å²) in [6.45, 7) is 2.13. The monoisotopic (exact) mass is 346 g/mol. The van der Waals surface area contributed by atoms with E-state index in [4.69, 9.17) is 16.3 Å². The van der Waals surface area contributed by atoms with Crippen molar-refractivity contribution in [2.45, 2.75) is 6.92 Å². The molecular formula is C17H15ClN2O2S. The molecule has 23 heavy (non-hydrogen) atoms. The lowest BCUT2D eigenvalue weighted by Gasteiger charge is -2.03. The minimum Gasteiger partial charge on any atom is -0.497 e. The number of rotatable bonds is 5. The van der Waals surface area contributed by atoms with Crippen molar-refractivity contribution in [1.29, 1.82) is 0 Å². The molecule has 6 heteroatoms. The van der Waals surface area contributed by atoms with Gasteiger partial charge >= 0.3 is 0 Å². The second-order valence-corrected chi connectivity index (χ2v) is 6.48. The van der Waals surface area contributed by atoms with E-state index >= 15 is 0 Å². The number of Topliss-reactive ketones (excluding diaryl/α,β-unsaturated/α-hetero) is 1. The fourth-order valence-electron chi connectivity index (χ4n) is 2.21. The molecular weight excluding hydrogens is 332 g/mol. The quantitative estimate of drug-likeness (QED) is 0.688. The molecule has 0 spiro atoms. The normalized spacial score (nSPS) is 10.7. The number of halogens is 1. The zero-order chi connectivity index (χ0) is 16.4. The van der Waals surface area contributed by atoms with Crippen molar-refractivity contribution in [3.63, 3.8) is 0 Å². The van der Waals surface area contributed by atoms with E-state index in [2.05, 4.69) is 10.3 Å². The molecule has 0 amide bonds. The number of carbonyl (C=O) groups is 1. The van der Waals surface area contributed by atoms with Gasteiger partial charge in [-0.2, -0.15) is 0 Å². The van der Waals surface area contributed by atoms with Gasteiger partial charge in [0.25, 0.3) is 0 Å². The summed E-state index contributed by atoms with van der Waals surface area (Å²) in [5.74, 6) is 0.731. The van der Waals surface area contributed by atoms with E-state index in [1.165, 1.54) is 11.3 Å². The van der Waals surface area contributed by atoms with E-state index in [0.717, 1.165) is 21.5 Å². The first-order valence-electron chi connectivity index (χ1n) is 7.05. The molecule has 0 aliphatic heterocycles. The highest BCUT2D eigenvalue weighted by molar-refractivity contribution is 7.22. The number of hydrogen-bond acceptors (Lipinski definition) is 5. The van der Waals surface area contributed by atoms with Gasteiger partial charge in [-0.15, -0.1) is 0 Å². The van der Waals surface area contributed by atoms with Crippen LogP contribution >= 0.6 is 22.9 Å². The summed E-state index contributed by atoms with van der Waals surface area (Å²) in [7, 11) is 1.60. The lowest BCUT2D eigenvalue weighted by Crippen LogP contribution is -2.13. The molecule has 0 radical (unpaired) electrons. The van der Waals surface area contributed by atoms with E-state index < -0.39 is 0 Å². The van der Waals surface area contributed by atoms with Crippen LogP contribution in [0.15, 0.2) is 36.4 Å². The van der Waals surface area contributed by atoms with Crippen LogP contribution in [0.1, 0.15) is 15.9 Å². The van der Waals surface area contributed by atoms with Gasteiger partial charge < -0.3 is 10.1 Å². The maximum Gasteiger partial charge on any atom is 0.184 e. The number of methoxy groups -OCH3 is 1. The van der Waals surface area contributed by atoms with Crippen molar-refractivity contribution < 1.29 is 9.53 Å². The number of benzene rings is 2. The average Bonchev–Trinajstić information content (AvgIpc) is 3.00. The van der Waals surface area contributed by atoms with Crippen LogP contribution in [0.25, 0.3) is 10.2 Å². The summed E-state index contributed by atoms with van der Waals surface area (Å²) >= 11 is 7.62. The van der Waals surface area contributed by atoms with Crippen LogP contribution in [-0.4, -0.2) is 24.4 Å². The van der Waals surface area contributed by atoms with Crippen LogP contribution in [0.2, 0.25) is 5.02 Å². The molecule has 0 aliphatic rings. The SMILES string of the molecule is COc1ccc(C(=O)CNc2nc3c(C)c(Cl)ccc3s2)cc1. The van der Waals surface area contributed by atoms with Gasteiger partial charge in [0.15, 0.2) is 10.9 Å². The number of carbonyl (C=O) groups excluding carboxylic acids is 1. The molecule has 2 aromatic carbocycles. The lowest BCUT2D eigenvalue weighted by molar-refractivity contribution is 0.101. The highest BCUT2D eigenvalue weighted by Gasteiger charge is 2.10. The van der Waals surface area contributed by atoms with Crippen LogP contribution < -0.4 is 10.1 Å². The highest BCUT2D eigenvalue weighted by atomic mass is 35.5. The predicted molar refractivity (Wildman–Crippen MR) is 95.2 cm³/mol. The van der Waals surface area contributed by atoms with Gasteiger partial charge in [-0.05, 0) is 48.9 Å². The number of ketones is 1. The van der Waals surface area contributed by atoms with Crippen molar-refractivity contribution >= 4 is 44.1 Å². The molecule has 0 unspecified atom stereocenters. The number of anilines is 1. The van der Waals surface area contributed by atoms with Crippen LogP contribution in [0, 0.1) is 6.92 Å². The first kappa shape index (κ1) is 15.8. The Morgan fingerprint density at radius 1 is 1.26 bits per heavy atom. The zero-order valence-corrected chi connectivity index (χ0v) is 14.3. The number of nitrogens with one attached hydrogen (secondary N) is 1. The number of aromatic nitrogens is 1. The van der Waals surface area contributed by atoms with Crippen molar-refractivity contribution in [1.82, 2.24) is 4.98 Å². The van der Waals surface area contributed by atoms with Crippen LogP contribution in [0.5, 0.6) is 5.75 Å². The van der Waals surface area contributed by atoms with Gasteiger partial charge in [-0.1, -0.05) is 22.9 Å². The van der Waals surface area contributed by atoms with Crippen molar-refractivity contribution in [3.8, 4) is 5.75 Å². The van der Waals surface area contributed by atoms with E-state index in [1.54, 1.807) is 31.4 Å². The topological polar surface area (TPSA) is 51.2 Å². The zero-order valence-electron chi connectivity index (χ0n) is 12.7. The summed E-state index contributed by atoms with van der Waals surface area (Å²) in [6.07, 6.45) is 0. The van der Waals surface area contributed by atoms with Gasteiger partial charge in [0, 0.05) is 10.6 Å². The first-order valence-corrected chi connectivity index (χ1v) is 8.24. The Morgan fingerprint density at radius 2 is 2.00 bits per heavy atom. The Balaban J connectivity index is 1.72. The molecule has 0 saturated carbocycles. The minimum absolute atomic E-state index is 0.00154. The minimum atomic E-state index is 0.00154. The average molecular weight is 347 g/mol. The van der Waals surface area contributed by atoms with Crippen molar-refractivity contribution in [2.24, 2.45) is 0 Å². The fourth-order valence-corrected chi connectivity index (χ4v) is 3.28. The van der Waals surface area contributed by atoms with Crippen molar-refractivity contribution in [3.05, 3.63) is 52.5 Å². The molecule has 118 valence electrons. The Labute approximate surface area is 143 Å². The summed E-state index contributed by atoms with van der Waals surface area (Å²) in [5.41, 5.74) is 2.47. The molecule has 0 aliphatic carbocycles. The Kier molecular flexibility index (Phi) is 4.50. The molecule has 1 aromatic heterocycles. The largest absolute Gasteiger partial charge is 0.497 e. The Bertz CT molecular complexity index is 859. The van der Waals surface area contributed by atoms with Crippen LogP contribution in [-0.2, 0) is 0 Å². The fraction of sp³-hybridized carbons (Fsp3) is 0.176. The van der Waals surface area contributed by atoms with Crippen molar-refractivity contribution in [2.75, 3.05) is 19.0 Å². The summed E-state index contributed by atoms with van der Waals surface area (Å²) in [4.78, 5) is 16.7. The predicted octanol–water partition coefficient (Wildman–Crippen LogP) is 4.56. The summed E-state index contributed by atoms with van der Waals surface area (Å²) in [6, 6.07) is 10.9. The highest BCUT2D eigenvalue weighted by Crippen LogP contribution is 2.31. The molecule has 0 fully saturated rings. The van der Waals surface area contributed by atoms with E-state index in [-0.39, 0.29) is 12.3 Å². The second kappa shape index (κ2) is 6.56. The molecule has 4 nitrogen and oxygen atoms in total. The van der Waals surface area contributed by atoms with Gasteiger partial charge in [0.2, 0.25) is 0 Å². The van der Waals surface area contributed by atoms with Gasteiger partial charge in [-0.25, -0.2) is 4.98 Å². The lowest BCUT2D eigenvalue weighted by atomic mass is 10.1. The van der Waals surface area contributed by atoms with Gasteiger partial charge in [0.05, 0.1) is 23.9 Å². The molecule has 0 atom stereocenters. The third-order valence-corrected chi connectivity index (χ3v) is 4.95. The van der Waals surface area contributed by atoms with E-state index in [9.17, 15) is 4.79 Å². The maximum atomic E-state index is 12.2. The first-order chi connectivity index (χ1) is 11.1. The number of nitrogens with zero attached hydrogens (tertiary/aromatic N) is 1. The van der Waals surface area contributed by atoms with E-state index in [0.29, 0.717) is 15.7 Å². The standard InChI is InChI=1S/C17H15ClN2O2S/c1-10-13(18)7-8-15-16(10)20-17(23-15)19-9-14(21)11-3-5-12(22-2)6-4-11/h3-8H,9H2,1-2H3,(H,19,20). The molecule has 3 rings (SSSR count). The third kappa shape index (κ3) is 3.30. The number of hydrogen-bond donors (Lipinski definition) is 1. The molecule has 0 bridgehead atoms. The number of aryl methyl sites for hydroxylation is 1. The number of ether oxygens (including phenoxy) is 1. The number of thiazole rings is 1. The smallest absolute Gasteiger partial charge is 0.184 e. The summed E-state index contributed by atoms with van der Waals surface area (Å²) in [5, 5.41) is 4.50. The van der Waals surface area contributed by atoms with Crippen LogP contribution in [0.3, 0.4) is 0 Å². The molecule has 3 aromatic rings. The van der Waals surface area contributed by atoms with E-state index in [1.807, 2.05) is 19.1 Å². The molecule has 1 N–H and O–H groups in total. The molecule has 0 saturated heterocycles. The number of fused-ring (bicyclic) bond motifs is 1. The van der Waals surface area contributed by atoms with Crippen LogP contribution in [0.4, 0.5) is 5.13 Å². The summed E-state index contributed by atoms with van der Waals surface area (Å²) < 4.78 is 6.13. The Hall–Kier alpha value is -2.11. The maximum absolute atomic E-state index is 12.2.